The third-order valence-corrected chi connectivity index (χ3v) is 4.88. The average molecular weight is 406 g/mol. The lowest BCUT2D eigenvalue weighted by Crippen LogP contribution is -2.17. The number of hydrogen-bond donors (Lipinski definition) is 3. The number of carbonyl (C=O) groups is 1. The van der Waals surface area contributed by atoms with Crippen LogP contribution in [0.5, 0.6) is 0 Å². The predicted octanol–water partition coefficient (Wildman–Crippen LogP) is 4.62. The van der Waals surface area contributed by atoms with Crippen LogP contribution in [0.1, 0.15) is 16.1 Å². The molecule has 0 radical (unpaired) electrons. The molecular formula is C24H18N6O. The first-order chi connectivity index (χ1) is 15.3. The maximum absolute atomic E-state index is 12.4. The summed E-state index contributed by atoms with van der Waals surface area (Å²) in [5, 5.41) is 9.42. The number of carbonyl (C=O) groups excluding carboxylic acids is 1. The van der Waals surface area contributed by atoms with Crippen LogP contribution in [0.3, 0.4) is 0 Å². The standard InChI is InChI=1S/C24H18N6O/c31-24(30-27-15-16-7-10-25-11-8-16)23-14-17-13-18(5-6-20(17)29-23)28-22-9-12-26-21-4-2-1-3-19(21)22/h1-15,29H,(H,26,28)(H,30,31)/b27-15+. The topological polar surface area (TPSA) is 95.1 Å². The minimum Gasteiger partial charge on any atom is -0.355 e. The van der Waals surface area contributed by atoms with E-state index in [4.69, 9.17) is 0 Å². The van der Waals surface area contributed by atoms with Gasteiger partial charge >= 0.3 is 0 Å². The van der Waals surface area contributed by atoms with Gasteiger partial charge in [-0.05, 0) is 54.1 Å². The summed E-state index contributed by atoms with van der Waals surface area (Å²) in [4.78, 5) is 23.9. The van der Waals surface area contributed by atoms with Crippen LogP contribution in [0.15, 0.2) is 90.4 Å². The van der Waals surface area contributed by atoms with E-state index in [0.717, 1.165) is 38.7 Å². The van der Waals surface area contributed by atoms with Crippen LogP contribution in [-0.2, 0) is 0 Å². The molecule has 0 bridgehead atoms. The number of fused-ring (bicyclic) bond motifs is 2. The van der Waals surface area contributed by atoms with Gasteiger partial charge in [-0.25, -0.2) is 5.43 Å². The minimum absolute atomic E-state index is 0.309. The van der Waals surface area contributed by atoms with Gasteiger partial charge in [-0.1, -0.05) is 18.2 Å². The van der Waals surface area contributed by atoms with E-state index in [2.05, 4.69) is 30.8 Å². The summed E-state index contributed by atoms with van der Waals surface area (Å²) < 4.78 is 0. The van der Waals surface area contributed by atoms with Crippen LogP contribution in [-0.4, -0.2) is 27.1 Å². The van der Waals surface area contributed by atoms with Crippen molar-refractivity contribution in [3.05, 3.63) is 96.6 Å². The van der Waals surface area contributed by atoms with Crippen molar-refractivity contribution in [2.45, 2.75) is 0 Å². The van der Waals surface area contributed by atoms with E-state index in [1.807, 2.05) is 54.6 Å². The molecule has 31 heavy (non-hydrogen) atoms. The number of para-hydroxylation sites is 1. The molecule has 2 aromatic carbocycles. The van der Waals surface area contributed by atoms with E-state index in [1.54, 1.807) is 36.9 Å². The van der Waals surface area contributed by atoms with Gasteiger partial charge in [0.1, 0.15) is 5.69 Å². The van der Waals surface area contributed by atoms with E-state index >= 15 is 0 Å². The molecule has 0 aliphatic carbocycles. The highest BCUT2D eigenvalue weighted by atomic mass is 16.2. The van der Waals surface area contributed by atoms with E-state index in [9.17, 15) is 4.79 Å². The number of nitrogens with zero attached hydrogens (tertiary/aromatic N) is 3. The molecule has 5 rings (SSSR count). The van der Waals surface area contributed by atoms with Gasteiger partial charge in [0.15, 0.2) is 0 Å². The zero-order chi connectivity index (χ0) is 21.0. The van der Waals surface area contributed by atoms with Crippen molar-refractivity contribution in [2.24, 2.45) is 5.10 Å². The summed E-state index contributed by atoms with van der Waals surface area (Å²) in [6.45, 7) is 0. The Morgan fingerprint density at radius 3 is 2.74 bits per heavy atom. The van der Waals surface area contributed by atoms with Gasteiger partial charge in [-0.2, -0.15) is 5.10 Å². The zero-order valence-corrected chi connectivity index (χ0v) is 16.4. The maximum atomic E-state index is 12.4. The maximum Gasteiger partial charge on any atom is 0.287 e. The van der Waals surface area contributed by atoms with Gasteiger partial charge in [0.05, 0.1) is 11.7 Å². The number of H-pyrrole nitrogens is 1. The summed E-state index contributed by atoms with van der Waals surface area (Å²) in [5.41, 5.74) is 7.53. The highest BCUT2D eigenvalue weighted by molar-refractivity contribution is 5.99. The van der Waals surface area contributed by atoms with Gasteiger partial charge < -0.3 is 10.3 Å². The number of hydrazone groups is 1. The number of amides is 1. The molecule has 3 heterocycles. The molecule has 1 amide bonds. The molecule has 0 spiro atoms. The van der Waals surface area contributed by atoms with E-state index in [1.165, 1.54) is 0 Å². The number of aromatic amines is 1. The number of nitrogens with one attached hydrogen (secondary N) is 3. The lowest BCUT2D eigenvalue weighted by atomic mass is 10.1. The normalized spacial score (nSPS) is 11.2. The molecule has 3 aromatic heterocycles. The van der Waals surface area contributed by atoms with Crippen molar-refractivity contribution in [3.8, 4) is 0 Å². The second-order valence-corrected chi connectivity index (χ2v) is 6.97. The summed E-state index contributed by atoms with van der Waals surface area (Å²) in [5.74, 6) is -0.309. The second kappa shape index (κ2) is 8.08. The molecule has 7 nitrogen and oxygen atoms in total. The Hall–Kier alpha value is -4.52. The summed E-state index contributed by atoms with van der Waals surface area (Å²) in [6, 6.07) is 21.3. The van der Waals surface area contributed by atoms with Crippen molar-refractivity contribution < 1.29 is 4.79 Å². The van der Waals surface area contributed by atoms with Crippen LogP contribution >= 0.6 is 0 Å². The molecule has 0 aliphatic rings. The van der Waals surface area contributed by atoms with Crippen molar-refractivity contribution >= 4 is 45.3 Å². The fraction of sp³-hybridized carbons (Fsp3) is 0. The van der Waals surface area contributed by atoms with Crippen molar-refractivity contribution in [1.29, 1.82) is 0 Å². The largest absolute Gasteiger partial charge is 0.355 e. The molecule has 7 heteroatoms. The average Bonchev–Trinajstić information content (AvgIpc) is 3.24. The Bertz CT molecular complexity index is 1400. The Morgan fingerprint density at radius 1 is 0.968 bits per heavy atom. The third-order valence-electron chi connectivity index (χ3n) is 4.88. The number of hydrogen-bond acceptors (Lipinski definition) is 5. The smallest absolute Gasteiger partial charge is 0.287 e. The first kappa shape index (κ1) is 18.5. The molecule has 0 aliphatic heterocycles. The van der Waals surface area contributed by atoms with Gasteiger partial charge in [0.25, 0.3) is 5.91 Å². The van der Waals surface area contributed by atoms with Crippen molar-refractivity contribution in [1.82, 2.24) is 20.4 Å². The first-order valence-corrected chi connectivity index (χ1v) is 9.73. The summed E-state index contributed by atoms with van der Waals surface area (Å²) >= 11 is 0. The number of anilines is 2. The molecule has 0 saturated heterocycles. The molecule has 3 N–H and O–H groups in total. The van der Waals surface area contributed by atoms with Gasteiger partial charge in [0, 0.05) is 46.3 Å². The second-order valence-electron chi connectivity index (χ2n) is 6.97. The fourth-order valence-electron chi connectivity index (χ4n) is 3.37. The predicted molar refractivity (Wildman–Crippen MR) is 123 cm³/mol. The summed E-state index contributed by atoms with van der Waals surface area (Å²) in [6.07, 6.45) is 6.69. The monoisotopic (exact) mass is 406 g/mol. The number of pyridine rings is 2. The van der Waals surface area contributed by atoms with E-state index in [0.29, 0.717) is 5.69 Å². The lowest BCUT2D eigenvalue weighted by molar-refractivity contribution is 0.0951. The van der Waals surface area contributed by atoms with Crippen LogP contribution in [0.4, 0.5) is 11.4 Å². The highest BCUT2D eigenvalue weighted by Gasteiger charge is 2.10. The fourth-order valence-corrected chi connectivity index (χ4v) is 3.37. The molecule has 0 saturated carbocycles. The molecular weight excluding hydrogens is 388 g/mol. The number of aromatic nitrogens is 3. The van der Waals surface area contributed by atoms with Gasteiger partial charge in [0.2, 0.25) is 0 Å². The molecule has 5 aromatic rings. The third kappa shape index (κ3) is 3.97. The Balaban J connectivity index is 1.35. The van der Waals surface area contributed by atoms with Gasteiger partial charge in [-0.3, -0.25) is 14.8 Å². The van der Waals surface area contributed by atoms with Crippen LogP contribution in [0.2, 0.25) is 0 Å². The van der Waals surface area contributed by atoms with Crippen molar-refractivity contribution in [3.63, 3.8) is 0 Å². The van der Waals surface area contributed by atoms with E-state index < -0.39 is 0 Å². The quantitative estimate of drug-likeness (QED) is 0.293. The lowest BCUT2D eigenvalue weighted by Gasteiger charge is -2.09. The van der Waals surface area contributed by atoms with E-state index in [-0.39, 0.29) is 5.91 Å². The molecule has 0 fully saturated rings. The van der Waals surface area contributed by atoms with Crippen molar-refractivity contribution in [2.75, 3.05) is 5.32 Å². The molecule has 0 atom stereocenters. The molecule has 150 valence electrons. The SMILES string of the molecule is O=C(N/N=C/c1ccncc1)c1cc2cc(Nc3ccnc4ccccc34)ccc2[nH]1. The highest BCUT2D eigenvalue weighted by Crippen LogP contribution is 2.27. The number of benzene rings is 2. The van der Waals surface area contributed by atoms with Crippen LogP contribution < -0.4 is 10.7 Å². The van der Waals surface area contributed by atoms with Gasteiger partial charge in [-0.15, -0.1) is 0 Å². The Labute approximate surface area is 177 Å². The minimum atomic E-state index is -0.309. The Kier molecular flexibility index (Phi) is 4.82. The van der Waals surface area contributed by atoms with Crippen LogP contribution in [0.25, 0.3) is 21.8 Å². The molecule has 0 unspecified atom stereocenters. The zero-order valence-electron chi connectivity index (χ0n) is 16.4. The number of rotatable bonds is 5. The Morgan fingerprint density at radius 2 is 1.84 bits per heavy atom. The first-order valence-electron chi connectivity index (χ1n) is 9.73. The summed E-state index contributed by atoms with van der Waals surface area (Å²) in [7, 11) is 0. The van der Waals surface area contributed by atoms with Crippen LogP contribution in [0, 0.1) is 0 Å².